The topological polar surface area (TPSA) is 55.8 Å². The van der Waals surface area contributed by atoms with Gasteiger partial charge in [0.1, 0.15) is 5.78 Å². The number of ketones is 1. The van der Waals surface area contributed by atoms with E-state index in [1.807, 2.05) is 0 Å². The first-order valence-electron chi connectivity index (χ1n) is 3.81. The third kappa shape index (κ3) is 22.7. The Bertz CT molecular complexity index is 73.5. The molecular formula is C8H18O4. The molecule has 12 heavy (non-hydrogen) atoms. The van der Waals surface area contributed by atoms with Crippen LogP contribution in [0.15, 0.2) is 0 Å². The Labute approximate surface area is 73.5 Å². The normalized spacial score (nSPS) is 14.7. The van der Waals surface area contributed by atoms with E-state index in [0.29, 0.717) is 0 Å². The van der Waals surface area contributed by atoms with Gasteiger partial charge < -0.3 is 19.4 Å². The van der Waals surface area contributed by atoms with E-state index >= 15 is 0 Å². The molecule has 0 saturated carbocycles. The molecule has 4 heteroatoms. The summed E-state index contributed by atoms with van der Waals surface area (Å²) >= 11 is 0. The van der Waals surface area contributed by atoms with E-state index in [1.54, 1.807) is 0 Å². The van der Waals surface area contributed by atoms with Crippen LogP contribution >= 0.6 is 0 Å². The lowest BCUT2D eigenvalue weighted by molar-refractivity contribution is -0.114. The molecule has 0 bridgehead atoms. The van der Waals surface area contributed by atoms with Crippen LogP contribution in [0.1, 0.15) is 13.8 Å². The first-order chi connectivity index (χ1) is 5.73. The number of Topliss-reactive ketones (excluding diaryl/α,β-unsaturated/α-hetero) is 1. The molecule has 0 unspecified atom stereocenters. The number of rotatable bonds is 0. The maximum atomic E-state index is 9.44. The van der Waals surface area contributed by atoms with Crippen LogP contribution in [0.5, 0.6) is 0 Å². The van der Waals surface area contributed by atoms with Crippen LogP contribution in [-0.2, 0) is 14.3 Å². The Morgan fingerprint density at radius 1 is 1.00 bits per heavy atom. The van der Waals surface area contributed by atoms with Crippen LogP contribution in [0, 0.1) is 0 Å². The maximum Gasteiger partial charge on any atom is 0.126 e. The third-order valence-corrected chi connectivity index (χ3v) is 0.744. The molecule has 1 aliphatic rings. The Kier molecular flexibility index (Phi) is 15.5. The van der Waals surface area contributed by atoms with Gasteiger partial charge in [-0.1, -0.05) is 0 Å². The molecule has 0 aromatic rings. The van der Waals surface area contributed by atoms with E-state index in [-0.39, 0.29) is 5.78 Å². The number of aliphatic hydroxyl groups is 1. The highest BCUT2D eigenvalue weighted by Gasteiger charge is 1.94. The van der Waals surface area contributed by atoms with Crippen LogP contribution < -0.4 is 0 Å². The molecule has 0 aromatic heterocycles. The van der Waals surface area contributed by atoms with Crippen LogP contribution in [0.2, 0.25) is 0 Å². The number of hydrogen-bond acceptors (Lipinski definition) is 4. The summed E-state index contributed by atoms with van der Waals surface area (Å²) < 4.78 is 9.89. The molecule has 74 valence electrons. The van der Waals surface area contributed by atoms with Gasteiger partial charge in [0.05, 0.1) is 26.4 Å². The molecule has 1 saturated heterocycles. The summed E-state index contributed by atoms with van der Waals surface area (Å²) in [4.78, 5) is 9.44. The monoisotopic (exact) mass is 178 g/mol. The SMILES string of the molecule is C1COCCO1.CC(C)=O.CO. The molecule has 1 aliphatic heterocycles. The van der Waals surface area contributed by atoms with Crippen LogP contribution in [0.25, 0.3) is 0 Å². The third-order valence-electron chi connectivity index (χ3n) is 0.744. The van der Waals surface area contributed by atoms with Gasteiger partial charge in [-0.2, -0.15) is 0 Å². The van der Waals surface area contributed by atoms with Crippen molar-refractivity contribution in [2.45, 2.75) is 13.8 Å². The number of hydrogen-bond donors (Lipinski definition) is 1. The van der Waals surface area contributed by atoms with E-state index in [4.69, 9.17) is 14.6 Å². The lowest BCUT2D eigenvalue weighted by Gasteiger charge is -2.09. The van der Waals surface area contributed by atoms with Crippen molar-refractivity contribution in [3.8, 4) is 0 Å². The van der Waals surface area contributed by atoms with Gasteiger partial charge in [0, 0.05) is 7.11 Å². The van der Waals surface area contributed by atoms with Crippen molar-refractivity contribution < 1.29 is 19.4 Å². The van der Waals surface area contributed by atoms with Crippen molar-refractivity contribution in [3.63, 3.8) is 0 Å². The van der Waals surface area contributed by atoms with Crippen molar-refractivity contribution in [2.75, 3.05) is 33.5 Å². The summed E-state index contributed by atoms with van der Waals surface area (Å²) in [7, 11) is 1.00. The molecule has 0 atom stereocenters. The summed E-state index contributed by atoms with van der Waals surface area (Å²) in [5.74, 6) is 0.167. The average molecular weight is 178 g/mol. The Balaban J connectivity index is 0. The van der Waals surface area contributed by atoms with E-state index in [1.165, 1.54) is 13.8 Å². The van der Waals surface area contributed by atoms with Gasteiger partial charge in [-0.3, -0.25) is 0 Å². The van der Waals surface area contributed by atoms with Crippen molar-refractivity contribution in [2.24, 2.45) is 0 Å². The first-order valence-corrected chi connectivity index (χ1v) is 3.81. The maximum absolute atomic E-state index is 9.44. The number of carbonyl (C=O) groups is 1. The molecule has 4 nitrogen and oxygen atoms in total. The highest BCUT2D eigenvalue weighted by molar-refractivity contribution is 5.72. The number of carbonyl (C=O) groups excluding carboxylic acids is 1. The van der Waals surface area contributed by atoms with E-state index in [0.717, 1.165) is 33.5 Å². The van der Waals surface area contributed by atoms with Crippen molar-refractivity contribution >= 4 is 5.78 Å². The van der Waals surface area contributed by atoms with Crippen LogP contribution in [0.3, 0.4) is 0 Å². The minimum atomic E-state index is 0.167. The second kappa shape index (κ2) is 13.2. The zero-order chi connectivity index (χ0) is 9.82. The fourth-order valence-electron chi connectivity index (χ4n) is 0.440. The molecule has 0 amide bonds. The predicted molar refractivity (Wildman–Crippen MR) is 46.1 cm³/mol. The quantitative estimate of drug-likeness (QED) is 0.577. The summed E-state index contributed by atoms with van der Waals surface area (Å²) in [6, 6.07) is 0. The van der Waals surface area contributed by atoms with Crippen molar-refractivity contribution in [1.82, 2.24) is 0 Å². The standard InChI is InChI=1S/C4H8O2.C3H6O.CH4O/c1-2-6-4-3-5-1;1-3(2)4;1-2/h1-4H2;1-2H3;2H,1H3. The van der Waals surface area contributed by atoms with E-state index < -0.39 is 0 Å². The van der Waals surface area contributed by atoms with Gasteiger partial charge in [-0.15, -0.1) is 0 Å². The molecule has 1 N–H and O–H groups in total. The second-order valence-electron chi connectivity index (χ2n) is 2.13. The van der Waals surface area contributed by atoms with Crippen molar-refractivity contribution in [3.05, 3.63) is 0 Å². The zero-order valence-corrected chi connectivity index (χ0v) is 8.00. The summed E-state index contributed by atoms with van der Waals surface area (Å²) in [6.07, 6.45) is 0. The minimum Gasteiger partial charge on any atom is -0.400 e. The summed E-state index contributed by atoms with van der Waals surface area (Å²) in [6.45, 7) is 6.17. The number of ether oxygens (including phenoxy) is 2. The van der Waals surface area contributed by atoms with Gasteiger partial charge in [0.2, 0.25) is 0 Å². The second-order valence-corrected chi connectivity index (χ2v) is 2.13. The highest BCUT2D eigenvalue weighted by Crippen LogP contribution is 1.85. The minimum absolute atomic E-state index is 0.167. The summed E-state index contributed by atoms with van der Waals surface area (Å²) in [5.41, 5.74) is 0. The molecule has 1 heterocycles. The molecule has 0 radical (unpaired) electrons. The molecule has 1 fully saturated rings. The van der Waals surface area contributed by atoms with Gasteiger partial charge in [0.25, 0.3) is 0 Å². The van der Waals surface area contributed by atoms with E-state index in [2.05, 4.69) is 0 Å². The summed E-state index contributed by atoms with van der Waals surface area (Å²) in [5, 5.41) is 7.00. The largest absolute Gasteiger partial charge is 0.400 e. The highest BCUT2D eigenvalue weighted by atomic mass is 16.6. The van der Waals surface area contributed by atoms with Crippen LogP contribution in [-0.4, -0.2) is 44.4 Å². The number of aliphatic hydroxyl groups excluding tert-OH is 1. The average Bonchev–Trinajstić information content (AvgIpc) is 2.10. The van der Waals surface area contributed by atoms with Gasteiger partial charge >= 0.3 is 0 Å². The predicted octanol–water partition coefficient (Wildman–Crippen LogP) is 0.237. The lowest BCUT2D eigenvalue weighted by Crippen LogP contribution is -2.16. The zero-order valence-electron chi connectivity index (χ0n) is 8.00. The smallest absolute Gasteiger partial charge is 0.126 e. The molecule has 0 aliphatic carbocycles. The Hall–Kier alpha value is -0.450. The first kappa shape index (κ1) is 14.1. The van der Waals surface area contributed by atoms with Gasteiger partial charge in [-0.25, -0.2) is 0 Å². The van der Waals surface area contributed by atoms with Gasteiger partial charge in [0.15, 0.2) is 0 Å². The lowest BCUT2D eigenvalue weighted by atomic mass is 10.6. The molecule has 0 aromatic carbocycles. The molecule has 0 spiro atoms. The van der Waals surface area contributed by atoms with Crippen LogP contribution in [0.4, 0.5) is 0 Å². The molecular weight excluding hydrogens is 160 g/mol. The molecule has 1 rings (SSSR count). The fourth-order valence-corrected chi connectivity index (χ4v) is 0.440. The van der Waals surface area contributed by atoms with Gasteiger partial charge in [-0.05, 0) is 13.8 Å². The Morgan fingerprint density at radius 2 is 1.17 bits per heavy atom. The van der Waals surface area contributed by atoms with E-state index in [9.17, 15) is 4.79 Å². The van der Waals surface area contributed by atoms with Crippen molar-refractivity contribution in [1.29, 1.82) is 0 Å². The fraction of sp³-hybridized carbons (Fsp3) is 0.875. The Morgan fingerprint density at radius 3 is 1.25 bits per heavy atom.